The molecule has 2 N–H and O–H groups in total. The van der Waals surface area contributed by atoms with E-state index in [1.807, 2.05) is 59.5 Å². The molecular formula is C21H29ClN2O2. The van der Waals surface area contributed by atoms with Gasteiger partial charge in [0.25, 0.3) is 0 Å². The number of methoxy groups -OCH3 is 1. The summed E-state index contributed by atoms with van der Waals surface area (Å²) in [5.41, 5.74) is 7.90. The van der Waals surface area contributed by atoms with E-state index in [0.29, 0.717) is 26.1 Å². The number of halogens is 1. The lowest BCUT2D eigenvalue weighted by Gasteiger charge is -2.24. The molecule has 1 unspecified atom stereocenters. The van der Waals surface area contributed by atoms with Crippen LogP contribution in [0.15, 0.2) is 54.6 Å². The van der Waals surface area contributed by atoms with Crippen LogP contribution in [0.4, 0.5) is 0 Å². The largest absolute Gasteiger partial charge is 0.497 e. The van der Waals surface area contributed by atoms with E-state index in [-0.39, 0.29) is 24.2 Å². The molecule has 0 heterocycles. The normalized spacial score (nSPS) is 11.3. The summed E-state index contributed by atoms with van der Waals surface area (Å²) in [7, 11) is 1.66. The summed E-state index contributed by atoms with van der Waals surface area (Å²) in [4.78, 5) is 14.8. The third-order valence-electron chi connectivity index (χ3n) is 4.34. The highest BCUT2D eigenvalue weighted by atomic mass is 35.5. The molecule has 2 aromatic carbocycles. The zero-order valence-electron chi connectivity index (χ0n) is 15.6. The summed E-state index contributed by atoms with van der Waals surface area (Å²) in [6, 6.07) is 18.0. The SMILES string of the molecule is COc1cccc(C(C)CC(=O)N(CCCN)Cc2ccccc2)c1.Cl. The van der Waals surface area contributed by atoms with Crippen molar-refractivity contribution in [3.8, 4) is 5.75 Å². The number of amides is 1. The maximum Gasteiger partial charge on any atom is 0.223 e. The van der Waals surface area contributed by atoms with Gasteiger partial charge in [0.05, 0.1) is 7.11 Å². The fourth-order valence-corrected chi connectivity index (χ4v) is 2.83. The monoisotopic (exact) mass is 376 g/mol. The van der Waals surface area contributed by atoms with Gasteiger partial charge in [0.1, 0.15) is 5.75 Å². The highest BCUT2D eigenvalue weighted by Gasteiger charge is 2.18. The number of carbonyl (C=O) groups excluding carboxylic acids is 1. The highest BCUT2D eigenvalue weighted by Crippen LogP contribution is 2.24. The van der Waals surface area contributed by atoms with E-state index >= 15 is 0 Å². The molecule has 0 aliphatic heterocycles. The van der Waals surface area contributed by atoms with Crippen molar-refractivity contribution in [1.82, 2.24) is 4.90 Å². The van der Waals surface area contributed by atoms with Crippen LogP contribution < -0.4 is 10.5 Å². The predicted molar refractivity (Wildman–Crippen MR) is 109 cm³/mol. The first-order chi connectivity index (χ1) is 12.1. The smallest absolute Gasteiger partial charge is 0.223 e. The molecule has 0 spiro atoms. The van der Waals surface area contributed by atoms with Crippen LogP contribution in [0.2, 0.25) is 0 Å². The van der Waals surface area contributed by atoms with Gasteiger partial charge in [-0.2, -0.15) is 0 Å². The van der Waals surface area contributed by atoms with E-state index in [0.717, 1.165) is 23.3 Å². The molecule has 142 valence electrons. The molecule has 2 rings (SSSR count). The summed E-state index contributed by atoms with van der Waals surface area (Å²) in [5.74, 6) is 1.12. The Morgan fingerprint density at radius 1 is 1.15 bits per heavy atom. The number of hydrogen-bond donors (Lipinski definition) is 1. The topological polar surface area (TPSA) is 55.6 Å². The Kier molecular flexibility index (Phi) is 9.78. The van der Waals surface area contributed by atoms with Crippen LogP contribution in [0.25, 0.3) is 0 Å². The first kappa shape index (κ1) is 22.0. The minimum Gasteiger partial charge on any atom is -0.497 e. The quantitative estimate of drug-likeness (QED) is 0.719. The van der Waals surface area contributed by atoms with E-state index in [1.165, 1.54) is 0 Å². The average molecular weight is 377 g/mol. The Hall–Kier alpha value is -2.04. The molecule has 0 saturated carbocycles. The van der Waals surface area contributed by atoms with E-state index < -0.39 is 0 Å². The Labute approximate surface area is 162 Å². The van der Waals surface area contributed by atoms with Gasteiger partial charge in [-0.1, -0.05) is 49.4 Å². The van der Waals surface area contributed by atoms with Gasteiger partial charge in [-0.15, -0.1) is 12.4 Å². The van der Waals surface area contributed by atoms with Gasteiger partial charge in [-0.3, -0.25) is 4.79 Å². The summed E-state index contributed by atoms with van der Waals surface area (Å²) in [6.45, 7) is 3.99. The zero-order chi connectivity index (χ0) is 18.1. The van der Waals surface area contributed by atoms with Crippen molar-refractivity contribution in [3.63, 3.8) is 0 Å². The van der Waals surface area contributed by atoms with Gasteiger partial charge in [-0.25, -0.2) is 0 Å². The second-order valence-corrected chi connectivity index (χ2v) is 6.32. The second kappa shape index (κ2) is 11.6. The standard InChI is InChI=1S/C21H28N2O2.ClH/c1-17(19-10-6-11-20(15-19)25-2)14-21(24)23(13-7-12-22)16-18-8-4-3-5-9-18;/h3-6,8-11,15,17H,7,12-14,16,22H2,1-2H3;1H. The zero-order valence-corrected chi connectivity index (χ0v) is 16.4. The minimum absolute atomic E-state index is 0. The molecule has 0 bridgehead atoms. The van der Waals surface area contributed by atoms with Crippen molar-refractivity contribution >= 4 is 18.3 Å². The van der Waals surface area contributed by atoms with Crippen molar-refractivity contribution in [1.29, 1.82) is 0 Å². The number of nitrogens with zero attached hydrogens (tertiary/aromatic N) is 1. The Balaban J connectivity index is 0.00000338. The van der Waals surface area contributed by atoms with Gasteiger partial charge in [0, 0.05) is 19.5 Å². The van der Waals surface area contributed by atoms with Crippen LogP contribution in [-0.4, -0.2) is 31.0 Å². The maximum atomic E-state index is 12.8. The molecule has 0 radical (unpaired) electrons. The first-order valence-electron chi connectivity index (χ1n) is 8.79. The summed E-state index contributed by atoms with van der Waals surface area (Å²) < 4.78 is 5.28. The van der Waals surface area contributed by atoms with Crippen LogP contribution >= 0.6 is 12.4 Å². The molecular weight excluding hydrogens is 348 g/mol. The summed E-state index contributed by atoms with van der Waals surface area (Å²) >= 11 is 0. The van der Waals surface area contributed by atoms with E-state index in [1.54, 1.807) is 7.11 Å². The predicted octanol–water partition coefficient (Wildman–Crippen LogP) is 3.99. The number of rotatable bonds is 9. The lowest BCUT2D eigenvalue weighted by atomic mass is 9.96. The van der Waals surface area contributed by atoms with E-state index in [4.69, 9.17) is 10.5 Å². The highest BCUT2D eigenvalue weighted by molar-refractivity contribution is 5.85. The molecule has 4 nitrogen and oxygen atoms in total. The summed E-state index contributed by atoms with van der Waals surface area (Å²) in [6.07, 6.45) is 1.29. The van der Waals surface area contributed by atoms with Crippen molar-refractivity contribution in [2.24, 2.45) is 5.73 Å². The molecule has 26 heavy (non-hydrogen) atoms. The number of carbonyl (C=O) groups is 1. The number of ether oxygens (including phenoxy) is 1. The number of benzene rings is 2. The lowest BCUT2D eigenvalue weighted by molar-refractivity contribution is -0.132. The number of hydrogen-bond acceptors (Lipinski definition) is 3. The third-order valence-corrected chi connectivity index (χ3v) is 4.34. The molecule has 0 saturated heterocycles. The van der Waals surface area contributed by atoms with Gasteiger partial charge in [0.15, 0.2) is 0 Å². The van der Waals surface area contributed by atoms with Gasteiger partial charge in [0.2, 0.25) is 5.91 Å². The molecule has 0 aliphatic rings. The fraction of sp³-hybridized carbons (Fsp3) is 0.381. The first-order valence-corrected chi connectivity index (χ1v) is 8.79. The second-order valence-electron chi connectivity index (χ2n) is 6.32. The Morgan fingerprint density at radius 2 is 1.88 bits per heavy atom. The summed E-state index contributed by atoms with van der Waals surface area (Å²) in [5, 5.41) is 0. The van der Waals surface area contributed by atoms with Crippen LogP contribution in [0.3, 0.4) is 0 Å². The van der Waals surface area contributed by atoms with Crippen molar-refractivity contribution in [2.45, 2.75) is 32.2 Å². The van der Waals surface area contributed by atoms with Crippen LogP contribution in [0.1, 0.15) is 36.8 Å². The number of nitrogens with two attached hydrogens (primary N) is 1. The minimum atomic E-state index is 0. The maximum absolute atomic E-state index is 12.8. The van der Waals surface area contributed by atoms with Gasteiger partial charge < -0.3 is 15.4 Å². The van der Waals surface area contributed by atoms with Crippen molar-refractivity contribution < 1.29 is 9.53 Å². The lowest BCUT2D eigenvalue weighted by Crippen LogP contribution is -2.33. The van der Waals surface area contributed by atoms with Gasteiger partial charge >= 0.3 is 0 Å². The molecule has 5 heteroatoms. The van der Waals surface area contributed by atoms with Crippen LogP contribution in [0, 0.1) is 0 Å². The molecule has 2 aromatic rings. The van der Waals surface area contributed by atoms with Crippen molar-refractivity contribution in [3.05, 3.63) is 65.7 Å². The molecule has 0 aliphatic carbocycles. The molecule has 0 aromatic heterocycles. The fourth-order valence-electron chi connectivity index (χ4n) is 2.83. The Morgan fingerprint density at radius 3 is 2.54 bits per heavy atom. The van der Waals surface area contributed by atoms with Gasteiger partial charge in [-0.05, 0) is 42.1 Å². The van der Waals surface area contributed by atoms with Crippen molar-refractivity contribution in [2.75, 3.05) is 20.2 Å². The van der Waals surface area contributed by atoms with Crippen LogP contribution in [-0.2, 0) is 11.3 Å². The van der Waals surface area contributed by atoms with E-state index in [9.17, 15) is 4.79 Å². The van der Waals surface area contributed by atoms with E-state index in [2.05, 4.69) is 6.92 Å². The molecule has 1 amide bonds. The Bertz CT molecular complexity index is 664. The average Bonchev–Trinajstić information content (AvgIpc) is 2.65. The van der Waals surface area contributed by atoms with Crippen LogP contribution in [0.5, 0.6) is 5.75 Å². The third kappa shape index (κ3) is 6.70. The molecule has 1 atom stereocenters. The molecule has 0 fully saturated rings.